The standard InChI is InChI=1S/C50H33N3/c1-5-18-34(19-6-1)36-23-17-24-38(32-36)48-51-47(35-20-7-2-8-21-35)52-49(53-48)43-33-37-22-13-14-29-41(37)46-45(43)42-30-15-16-31-44(42)50(46,39-25-9-3-10-26-39)40-27-11-4-12-28-40/h1-33H. The van der Waals surface area contributed by atoms with Crippen molar-refractivity contribution in [1.82, 2.24) is 15.0 Å². The van der Waals surface area contributed by atoms with Crippen molar-refractivity contribution in [1.29, 1.82) is 0 Å². The Balaban J connectivity index is 1.31. The molecule has 0 radical (unpaired) electrons. The quantitative estimate of drug-likeness (QED) is 0.176. The van der Waals surface area contributed by atoms with E-state index in [0.29, 0.717) is 17.5 Å². The van der Waals surface area contributed by atoms with Crippen LogP contribution in [0.3, 0.4) is 0 Å². The molecule has 0 saturated heterocycles. The predicted molar refractivity (Wildman–Crippen MR) is 216 cm³/mol. The van der Waals surface area contributed by atoms with E-state index in [1.165, 1.54) is 33.2 Å². The number of aromatic nitrogens is 3. The van der Waals surface area contributed by atoms with Gasteiger partial charge >= 0.3 is 0 Å². The van der Waals surface area contributed by atoms with Crippen molar-refractivity contribution in [3.63, 3.8) is 0 Å². The van der Waals surface area contributed by atoms with Crippen LogP contribution in [0.4, 0.5) is 0 Å². The molecule has 3 heteroatoms. The van der Waals surface area contributed by atoms with Crippen molar-refractivity contribution in [3.8, 4) is 56.4 Å². The van der Waals surface area contributed by atoms with Gasteiger partial charge in [0.05, 0.1) is 5.41 Å². The number of fused-ring (bicyclic) bond motifs is 5. The number of rotatable bonds is 6. The van der Waals surface area contributed by atoms with Gasteiger partial charge in [-0.1, -0.05) is 188 Å². The summed E-state index contributed by atoms with van der Waals surface area (Å²) in [6.45, 7) is 0. The summed E-state index contributed by atoms with van der Waals surface area (Å²) in [6.07, 6.45) is 0. The summed E-state index contributed by atoms with van der Waals surface area (Å²) in [5, 5.41) is 2.35. The molecule has 1 aliphatic carbocycles. The van der Waals surface area contributed by atoms with E-state index >= 15 is 0 Å². The lowest BCUT2D eigenvalue weighted by Crippen LogP contribution is -2.28. The van der Waals surface area contributed by atoms with Gasteiger partial charge in [0.1, 0.15) is 0 Å². The first-order valence-electron chi connectivity index (χ1n) is 18.0. The summed E-state index contributed by atoms with van der Waals surface area (Å²) in [5.74, 6) is 1.92. The summed E-state index contributed by atoms with van der Waals surface area (Å²) >= 11 is 0. The van der Waals surface area contributed by atoms with Crippen LogP contribution < -0.4 is 0 Å². The van der Waals surface area contributed by atoms with Gasteiger partial charge in [0.2, 0.25) is 0 Å². The SMILES string of the molecule is c1ccc(-c2cccc(-c3nc(-c4ccccc4)nc(-c4cc5ccccc5c5c4-c4ccccc4C5(c4ccccc4)c4ccccc4)n3)c2)cc1. The summed E-state index contributed by atoms with van der Waals surface area (Å²) in [7, 11) is 0. The molecule has 0 aliphatic heterocycles. The number of benzene rings is 8. The van der Waals surface area contributed by atoms with E-state index in [9.17, 15) is 0 Å². The largest absolute Gasteiger partial charge is 0.208 e. The molecule has 0 N–H and O–H groups in total. The lowest BCUT2D eigenvalue weighted by Gasteiger charge is -2.34. The molecule has 0 atom stereocenters. The Hall–Kier alpha value is -6.97. The minimum Gasteiger partial charge on any atom is -0.208 e. The van der Waals surface area contributed by atoms with Gasteiger partial charge in [-0.2, -0.15) is 0 Å². The third kappa shape index (κ3) is 5.01. The average molecular weight is 676 g/mol. The number of nitrogens with zero attached hydrogens (tertiary/aromatic N) is 3. The molecule has 248 valence electrons. The molecule has 3 nitrogen and oxygen atoms in total. The molecule has 0 amide bonds. The molecule has 0 bridgehead atoms. The molecule has 1 aromatic heterocycles. The summed E-state index contributed by atoms with van der Waals surface area (Å²) in [6, 6.07) is 71.0. The van der Waals surface area contributed by atoms with Gasteiger partial charge in [0.15, 0.2) is 17.5 Å². The highest BCUT2D eigenvalue weighted by Crippen LogP contribution is 2.60. The van der Waals surface area contributed by atoms with Gasteiger partial charge in [-0.15, -0.1) is 0 Å². The zero-order chi connectivity index (χ0) is 35.2. The second-order valence-corrected chi connectivity index (χ2v) is 13.5. The molecular formula is C50H33N3. The maximum Gasteiger partial charge on any atom is 0.164 e. The Morgan fingerprint density at radius 1 is 0.340 bits per heavy atom. The highest BCUT2D eigenvalue weighted by molar-refractivity contribution is 6.06. The lowest BCUT2D eigenvalue weighted by molar-refractivity contribution is 0.775. The van der Waals surface area contributed by atoms with E-state index in [-0.39, 0.29) is 0 Å². The van der Waals surface area contributed by atoms with Gasteiger partial charge in [-0.3, -0.25) is 0 Å². The van der Waals surface area contributed by atoms with Crippen molar-refractivity contribution in [2.75, 3.05) is 0 Å². The minimum absolute atomic E-state index is 0.577. The van der Waals surface area contributed by atoms with Crippen molar-refractivity contribution >= 4 is 10.8 Å². The van der Waals surface area contributed by atoms with Crippen LogP contribution in [0.2, 0.25) is 0 Å². The van der Waals surface area contributed by atoms with Crippen LogP contribution in [-0.4, -0.2) is 15.0 Å². The third-order valence-electron chi connectivity index (χ3n) is 10.6. The van der Waals surface area contributed by atoms with Crippen molar-refractivity contribution < 1.29 is 0 Å². The highest BCUT2D eigenvalue weighted by atomic mass is 15.0. The van der Waals surface area contributed by atoms with E-state index < -0.39 is 5.41 Å². The number of hydrogen-bond acceptors (Lipinski definition) is 3. The smallest absolute Gasteiger partial charge is 0.164 e. The molecule has 10 rings (SSSR count). The van der Waals surface area contributed by atoms with Crippen molar-refractivity contribution in [2.45, 2.75) is 5.41 Å². The minimum atomic E-state index is -0.577. The average Bonchev–Trinajstić information content (AvgIpc) is 3.57. The highest BCUT2D eigenvalue weighted by Gasteiger charge is 2.48. The molecule has 53 heavy (non-hydrogen) atoms. The first kappa shape index (κ1) is 30.8. The van der Waals surface area contributed by atoms with Gasteiger partial charge in [0, 0.05) is 16.7 Å². The second kappa shape index (κ2) is 12.7. The Kier molecular flexibility index (Phi) is 7.36. The zero-order valence-electron chi connectivity index (χ0n) is 28.9. The molecule has 0 saturated carbocycles. The fraction of sp³-hybridized carbons (Fsp3) is 0.0200. The van der Waals surface area contributed by atoms with E-state index in [1.807, 2.05) is 24.3 Å². The van der Waals surface area contributed by atoms with Crippen LogP contribution in [0.15, 0.2) is 200 Å². The van der Waals surface area contributed by atoms with Crippen LogP contribution in [0.5, 0.6) is 0 Å². The molecule has 9 aromatic rings. The maximum absolute atomic E-state index is 5.36. The summed E-state index contributed by atoms with van der Waals surface area (Å²) in [4.78, 5) is 15.8. The van der Waals surface area contributed by atoms with Gasteiger partial charge < -0.3 is 0 Å². The van der Waals surface area contributed by atoms with Crippen LogP contribution in [0.1, 0.15) is 22.3 Å². The predicted octanol–water partition coefficient (Wildman–Crippen LogP) is 12.1. The fourth-order valence-corrected chi connectivity index (χ4v) is 8.31. The van der Waals surface area contributed by atoms with Crippen molar-refractivity contribution in [3.05, 3.63) is 222 Å². The Morgan fingerprint density at radius 2 is 0.849 bits per heavy atom. The van der Waals surface area contributed by atoms with Gasteiger partial charge in [0.25, 0.3) is 0 Å². The Morgan fingerprint density at radius 3 is 1.55 bits per heavy atom. The van der Waals surface area contributed by atoms with Gasteiger partial charge in [-0.05, 0) is 67.4 Å². The zero-order valence-corrected chi connectivity index (χ0v) is 28.9. The van der Waals surface area contributed by atoms with Crippen molar-refractivity contribution in [2.24, 2.45) is 0 Å². The second-order valence-electron chi connectivity index (χ2n) is 13.5. The summed E-state index contributed by atoms with van der Waals surface area (Å²) < 4.78 is 0. The summed E-state index contributed by atoms with van der Waals surface area (Å²) in [5.41, 5.74) is 11.8. The topological polar surface area (TPSA) is 38.7 Å². The van der Waals surface area contributed by atoms with Crippen LogP contribution in [-0.2, 0) is 5.41 Å². The maximum atomic E-state index is 5.36. The Bertz CT molecular complexity index is 2720. The van der Waals surface area contributed by atoms with Gasteiger partial charge in [-0.25, -0.2) is 15.0 Å². The van der Waals surface area contributed by atoms with Crippen LogP contribution in [0.25, 0.3) is 67.2 Å². The molecular weight excluding hydrogens is 643 g/mol. The first-order valence-corrected chi connectivity index (χ1v) is 18.0. The lowest BCUT2D eigenvalue weighted by atomic mass is 9.66. The molecule has 0 spiro atoms. The monoisotopic (exact) mass is 675 g/mol. The third-order valence-corrected chi connectivity index (χ3v) is 10.6. The molecule has 8 aromatic carbocycles. The Labute approximate surface area is 309 Å². The normalized spacial score (nSPS) is 12.7. The van der Waals surface area contributed by atoms with E-state index in [4.69, 9.17) is 15.0 Å². The molecule has 1 aliphatic rings. The number of hydrogen-bond donors (Lipinski definition) is 0. The molecule has 1 heterocycles. The first-order chi connectivity index (χ1) is 26.3. The van der Waals surface area contributed by atoms with Crippen LogP contribution >= 0.6 is 0 Å². The van der Waals surface area contributed by atoms with E-state index in [0.717, 1.165) is 38.8 Å². The van der Waals surface area contributed by atoms with E-state index in [2.05, 4.69) is 176 Å². The molecule has 0 unspecified atom stereocenters. The molecule has 0 fully saturated rings. The fourth-order valence-electron chi connectivity index (χ4n) is 8.31. The van der Waals surface area contributed by atoms with Crippen LogP contribution in [0, 0.1) is 0 Å². The van der Waals surface area contributed by atoms with E-state index in [1.54, 1.807) is 0 Å².